The zero-order valence-corrected chi connectivity index (χ0v) is 18.3. The van der Waals surface area contributed by atoms with Gasteiger partial charge in [0.15, 0.2) is 0 Å². The summed E-state index contributed by atoms with van der Waals surface area (Å²) < 4.78 is 4.52. The molecule has 0 aliphatic carbocycles. The van der Waals surface area contributed by atoms with Crippen LogP contribution >= 0.6 is 0 Å². The van der Waals surface area contributed by atoms with Gasteiger partial charge in [-0.25, -0.2) is 4.98 Å². The van der Waals surface area contributed by atoms with Crippen LogP contribution in [0.15, 0.2) is 122 Å². The van der Waals surface area contributed by atoms with Crippen molar-refractivity contribution in [2.24, 2.45) is 0 Å². The average molecular weight is 437 g/mol. The van der Waals surface area contributed by atoms with Crippen LogP contribution in [0, 0.1) is 0 Å². The zero-order valence-electron chi connectivity index (χ0n) is 18.3. The van der Waals surface area contributed by atoms with E-state index < -0.39 is 0 Å². The normalized spacial score (nSPS) is 11.5. The van der Waals surface area contributed by atoms with Crippen LogP contribution in [0.3, 0.4) is 0 Å². The minimum Gasteiger partial charge on any atom is -0.309 e. The minimum atomic E-state index is 0.891. The molecular formula is C30H20N4. The lowest BCUT2D eigenvalue weighted by Crippen LogP contribution is -1.96. The van der Waals surface area contributed by atoms with Gasteiger partial charge in [0.25, 0.3) is 0 Å². The summed E-state index contributed by atoms with van der Waals surface area (Å²) in [7, 11) is 0. The number of hydrogen-bond acceptors (Lipinski definition) is 2. The van der Waals surface area contributed by atoms with Crippen molar-refractivity contribution in [1.82, 2.24) is 19.1 Å². The highest BCUT2D eigenvalue weighted by Gasteiger charge is 2.15. The number of para-hydroxylation sites is 2. The molecule has 0 N–H and O–H groups in total. The molecule has 0 unspecified atom stereocenters. The van der Waals surface area contributed by atoms with Gasteiger partial charge in [0, 0.05) is 52.2 Å². The van der Waals surface area contributed by atoms with E-state index in [2.05, 4.69) is 105 Å². The van der Waals surface area contributed by atoms with Gasteiger partial charge in [0.2, 0.25) is 0 Å². The predicted molar refractivity (Wildman–Crippen MR) is 139 cm³/mol. The summed E-state index contributed by atoms with van der Waals surface area (Å²) in [5.41, 5.74) is 6.89. The highest BCUT2D eigenvalue weighted by atomic mass is 15.0. The molecule has 0 radical (unpaired) electrons. The van der Waals surface area contributed by atoms with Gasteiger partial charge in [-0.2, -0.15) is 0 Å². The van der Waals surface area contributed by atoms with E-state index in [1.807, 2.05) is 24.5 Å². The molecule has 0 aliphatic heterocycles. The van der Waals surface area contributed by atoms with Crippen molar-refractivity contribution in [3.05, 3.63) is 122 Å². The molecule has 7 rings (SSSR count). The third-order valence-electron chi connectivity index (χ3n) is 6.49. The number of nitrogens with zero attached hydrogens (tertiary/aromatic N) is 4. The summed E-state index contributed by atoms with van der Waals surface area (Å²) in [5, 5.41) is 3.66. The van der Waals surface area contributed by atoms with Crippen LogP contribution in [0.25, 0.3) is 55.3 Å². The molecule has 4 heteroatoms. The highest BCUT2D eigenvalue weighted by molar-refractivity contribution is 6.13. The standard InChI is InChI=1S/C30H20N4/c1-2-8-24(9-3-1)34-27-11-5-4-10-25(27)26-19-28-22(17-29(26)34)13-16-33(28)30-18-21(12-15-32-30)23-7-6-14-31-20-23/h1-20H. The first-order chi connectivity index (χ1) is 16.9. The topological polar surface area (TPSA) is 35.6 Å². The van der Waals surface area contributed by atoms with Gasteiger partial charge in [-0.1, -0.05) is 42.5 Å². The summed E-state index contributed by atoms with van der Waals surface area (Å²) in [6.45, 7) is 0. The van der Waals surface area contributed by atoms with Gasteiger partial charge in [0.05, 0.1) is 16.6 Å². The summed E-state index contributed by atoms with van der Waals surface area (Å²) in [6.07, 6.45) is 7.65. The van der Waals surface area contributed by atoms with Crippen LogP contribution in [-0.2, 0) is 0 Å². The van der Waals surface area contributed by atoms with E-state index in [-0.39, 0.29) is 0 Å². The average Bonchev–Trinajstić information content (AvgIpc) is 3.47. The molecule has 0 saturated carbocycles. The second-order valence-corrected chi connectivity index (χ2v) is 8.45. The van der Waals surface area contributed by atoms with E-state index in [9.17, 15) is 0 Å². The quantitative estimate of drug-likeness (QED) is 0.294. The fourth-order valence-electron chi connectivity index (χ4n) is 4.92. The Kier molecular flexibility index (Phi) is 4.11. The smallest absolute Gasteiger partial charge is 0.137 e. The fourth-order valence-corrected chi connectivity index (χ4v) is 4.92. The first-order valence-electron chi connectivity index (χ1n) is 11.3. The second kappa shape index (κ2) is 7.42. The zero-order chi connectivity index (χ0) is 22.5. The van der Waals surface area contributed by atoms with Crippen LogP contribution in [0.4, 0.5) is 0 Å². The van der Waals surface area contributed by atoms with Gasteiger partial charge in [-0.15, -0.1) is 0 Å². The predicted octanol–water partition coefficient (Wildman–Crippen LogP) is 7.18. The van der Waals surface area contributed by atoms with Gasteiger partial charge in [-0.05, 0) is 60.2 Å². The lowest BCUT2D eigenvalue weighted by Gasteiger charge is -2.09. The second-order valence-electron chi connectivity index (χ2n) is 8.45. The Morgan fingerprint density at radius 2 is 1.47 bits per heavy atom. The highest BCUT2D eigenvalue weighted by Crippen LogP contribution is 2.35. The lowest BCUT2D eigenvalue weighted by atomic mass is 10.1. The molecule has 34 heavy (non-hydrogen) atoms. The Hall–Kier alpha value is -4.70. The third kappa shape index (κ3) is 2.86. The van der Waals surface area contributed by atoms with Crippen LogP contribution in [-0.4, -0.2) is 19.1 Å². The molecule has 0 amide bonds. The molecule has 4 nitrogen and oxygen atoms in total. The molecule has 0 bridgehead atoms. The number of fused-ring (bicyclic) bond motifs is 4. The largest absolute Gasteiger partial charge is 0.309 e. The summed E-state index contributed by atoms with van der Waals surface area (Å²) in [4.78, 5) is 8.95. The van der Waals surface area contributed by atoms with Crippen LogP contribution in [0.5, 0.6) is 0 Å². The number of hydrogen-bond donors (Lipinski definition) is 0. The van der Waals surface area contributed by atoms with Crippen LogP contribution in [0.2, 0.25) is 0 Å². The maximum absolute atomic E-state index is 4.69. The Bertz CT molecular complexity index is 1790. The van der Waals surface area contributed by atoms with Crippen LogP contribution in [0.1, 0.15) is 0 Å². The fraction of sp³-hybridized carbons (Fsp3) is 0. The molecule has 0 spiro atoms. The Morgan fingerprint density at radius 1 is 0.588 bits per heavy atom. The van der Waals surface area contributed by atoms with E-state index >= 15 is 0 Å². The van der Waals surface area contributed by atoms with Gasteiger partial charge >= 0.3 is 0 Å². The molecule has 0 fully saturated rings. The SMILES string of the molecule is c1ccc(-n2c3ccccc3c3cc4c(ccn4-c4cc(-c5cccnc5)ccn4)cc32)cc1. The maximum Gasteiger partial charge on any atom is 0.137 e. The van der Waals surface area contributed by atoms with E-state index in [0.29, 0.717) is 0 Å². The van der Waals surface area contributed by atoms with E-state index in [1.165, 1.54) is 32.9 Å². The van der Waals surface area contributed by atoms with Crippen LogP contribution < -0.4 is 0 Å². The maximum atomic E-state index is 4.69. The van der Waals surface area contributed by atoms with Crippen molar-refractivity contribution in [3.8, 4) is 22.6 Å². The summed E-state index contributed by atoms with van der Waals surface area (Å²) >= 11 is 0. The lowest BCUT2D eigenvalue weighted by molar-refractivity contribution is 1.05. The molecule has 7 aromatic rings. The summed E-state index contributed by atoms with van der Waals surface area (Å²) in [5.74, 6) is 0.891. The third-order valence-corrected chi connectivity index (χ3v) is 6.49. The number of rotatable bonds is 3. The van der Waals surface area contributed by atoms with Gasteiger partial charge in [-0.3, -0.25) is 4.98 Å². The monoisotopic (exact) mass is 436 g/mol. The van der Waals surface area contributed by atoms with E-state index in [4.69, 9.17) is 4.98 Å². The number of aromatic nitrogens is 4. The Morgan fingerprint density at radius 3 is 2.35 bits per heavy atom. The molecule has 0 atom stereocenters. The van der Waals surface area contributed by atoms with Crippen molar-refractivity contribution >= 4 is 32.7 Å². The molecule has 4 heterocycles. The van der Waals surface area contributed by atoms with Gasteiger partial charge < -0.3 is 9.13 Å². The number of benzene rings is 3. The summed E-state index contributed by atoms with van der Waals surface area (Å²) in [6, 6.07) is 34.1. The van der Waals surface area contributed by atoms with E-state index in [1.54, 1.807) is 6.20 Å². The molecule has 3 aromatic carbocycles. The Balaban J connectivity index is 1.48. The molecule has 0 aliphatic rings. The van der Waals surface area contributed by atoms with Crippen molar-refractivity contribution in [2.75, 3.05) is 0 Å². The molecular weight excluding hydrogens is 416 g/mol. The van der Waals surface area contributed by atoms with E-state index in [0.717, 1.165) is 22.5 Å². The van der Waals surface area contributed by atoms with Gasteiger partial charge in [0.1, 0.15) is 5.82 Å². The van der Waals surface area contributed by atoms with Crippen molar-refractivity contribution in [3.63, 3.8) is 0 Å². The van der Waals surface area contributed by atoms with Crippen molar-refractivity contribution < 1.29 is 0 Å². The first kappa shape index (κ1) is 18.8. The molecule has 160 valence electrons. The molecule has 4 aromatic heterocycles. The first-order valence-corrected chi connectivity index (χ1v) is 11.3. The minimum absolute atomic E-state index is 0.891. The Labute approximate surface area is 196 Å². The molecule has 0 saturated heterocycles. The van der Waals surface area contributed by atoms with Crippen molar-refractivity contribution in [2.45, 2.75) is 0 Å². The van der Waals surface area contributed by atoms with Crippen molar-refractivity contribution in [1.29, 1.82) is 0 Å². The number of pyridine rings is 2.